The minimum atomic E-state index is -0.104. The first-order valence-electron chi connectivity index (χ1n) is 18.7. The summed E-state index contributed by atoms with van der Waals surface area (Å²) in [6.45, 7) is 4.73. The summed E-state index contributed by atoms with van der Waals surface area (Å²) < 4.78 is 0. The fraction of sp³-hybridized carbons (Fsp3) is 0.0588. The summed E-state index contributed by atoms with van der Waals surface area (Å²) in [5.41, 5.74) is 15.1. The lowest BCUT2D eigenvalue weighted by Gasteiger charge is -2.23. The van der Waals surface area contributed by atoms with E-state index in [1.165, 1.54) is 44.2 Å². The topological polar surface area (TPSA) is 51.6 Å². The summed E-state index contributed by atoms with van der Waals surface area (Å²) in [4.78, 5) is 19.2. The monoisotopic (exact) mass is 704 g/mol. The van der Waals surface area contributed by atoms with E-state index in [2.05, 4.69) is 152 Å². The summed E-state index contributed by atoms with van der Waals surface area (Å²) in [7, 11) is 0. The highest BCUT2D eigenvalue weighted by molar-refractivity contribution is 5.98. The highest BCUT2D eigenvalue weighted by Crippen LogP contribution is 2.52. The van der Waals surface area contributed by atoms with E-state index in [1.807, 2.05) is 42.6 Å². The number of fused-ring (bicyclic) bond motifs is 5. The van der Waals surface area contributed by atoms with Gasteiger partial charge in [0.1, 0.15) is 0 Å². The normalized spacial score (nSPS) is 12.7. The Morgan fingerprint density at radius 2 is 0.891 bits per heavy atom. The van der Waals surface area contributed by atoms with E-state index in [-0.39, 0.29) is 5.41 Å². The Bertz CT molecular complexity index is 2860. The lowest BCUT2D eigenvalue weighted by atomic mass is 9.79. The van der Waals surface area contributed by atoms with Gasteiger partial charge in [0, 0.05) is 34.5 Å². The third-order valence-electron chi connectivity index (χ3n) is 11.0. The van der Waals surface area contributed by atoms with Crippen LogP contribution in [-0.2, 0) is 5.41 Å². The lowest BCUT2D eigenvalue weighted by Crippen LogP contribution is -2.15. The van der Waals surface area contributed by atoms with Crippen molar-refractivity contribution in [1.82, 2.24) is 19.9 Å². The molecule has 4 nitrogen and oxygen atoms in total. The Balaban J connectivity index is 0.972. The van der Waals surface area contributed by atoms with Crippen LogP contribution < -0.4 is 0 Å². The average molecular weight is 705 g/mol. The van der Waals surface area contributed by atoms with Crippen molar-refractivity contribution in [2.75, 3.05) is 0 Å². The Morgan fingerprint density at radius 1 is 0.382 bits per heavy atom. The van der Waals surface area contributed by atoms with Crippen LogP contribution >= 0.6 is 0 Å². The number of aromatic nitrogens is 4. The van der Waals surface area contributed by atoms with Crippen LogP contribution in [0.15, 0.2) is 182 Å². The van der Waals surface area contributed by atoms with E-state index >= 15 is 0 Å². The van der Waals surface area contributed by atoms with Crippen molar-refractivity contribution >= 4 is 10.8 Å². The molecule has 0 saturated carbocycles. The number of hydrogen-bond donors (Lipinski definition) is 0. The molecule has 2 heterocycles. The van der Waals surface area contributed by atoms with Gasteiger partial charge in [-0.25, -0.2) is 15.0 Å². The molecular formula is C51H36N4. The Morgan fingerprint density at radius 3 is 1.56 bits per heavy atom. The molecule has 0 unspecified atom stereocenters. The standard InChI is InChI=1S/C51H36N4/c1-51(2)46-31-41(26-27-44(46)45-28-25-35-10-6-7-16-43(35)47(45)51)40-14-8-13-39(30-40)33-17-21-37(22-18-33)49-53-48(36-11-4-3-5-12-36)54-50(55-49)38-23-19-34(20-24-38)42-15-9-29-52-32-42/h3-32H,1-2H3. The maximum atomic E-state index is 5.00. The van der Waals surface area contributed by atoms with Crippen LogP contribution in [0.2, 0.25) is 0 Å². The third kappa shape index (κ3) is 5.80. The highest BCUT2D eigenvalue weighted by atomic mass is 15.0. The molecule has 10 rings (SSSR count). The van der Waals surface area contributed by atoms with Crippen LogP contribution in [0.25, 0.3) is 89.4 Å². The second-order valence-electron chi connectivity index (χ2n) is 14.7. The molecule has 0 atom stereocenters. The molecule has 0 spiro atoms. The molecule has 0 radical (unpaired) electrons. The van der Waals surface area contributed by atoms with Gasteiger partial charge in [-0.2, -0.15) is 0 Å². The van der Waals surface area contributed by atoms with Crippen molar-refractivity contribution < 1.29 is 0 Å². The number of nitrogens with zero attached hydrogens (tertiary/aromatic N) is 4. The quantitative estimate of drug-likeness (QED) is 0.173. The molecule has 0 N–H and O–H groups in total. The van der Waals surface area contributed by atoms with E-state index in [4.69, 9.17) is 15.0 Å². The van der Waals surface area contributed by atoms with Crippen LogP contribution in [0.3, 0.4) is 0 Å². The second kappa shape index (κ2) is 13.1. The van der Waals surface area contributed by atoms with Gasteiger partial charge in [0.25, 0.3) is 0 Å². The summed E-state index contributed by atoms with van der Waals surface area (Å²) in [6, 6.07) is 60.1. The van der Waals surface area contributed by atoms with Gasteiger partial charge in [-0.15, -0.1) is 0 Å². The molecule has 1 aliphatic rings. The molecular weight excluding hydrogens is 669 g/mol. The summed E-state index contributed by atoms with van der Waals surface area (Å²) >= 11 is 0. The van der Waals surface area contributed by atoms with Crippen LogP contribution in [0.4, 0.5) is 0 Å². The molecule has 4 heteroatoms. The summed E-state index contributed by atoms with van der Waals surface area (Å²) in [5.74, 6) is 1.91. The van der Waals surface area contributed by atoms with Gasteiger partial charge in [0.15, 0.2) is 17.5 Å². The fourth-order valence-electron chi connectivity index (χ4n) is 8.17. The highest BCUT2D eigenvalue weighted by Gasteiger charge is 2.37. The van der Waals surface area contributed by atoms with Crippen LogP contribution in [0, 0.1) is 0 Å². The molecule has 9 aromatic rings. The van der Waals surface area contributed by atoms with Gasteiger partial charge in [0.2, 0.25) is 0 Å². The van der Waals surface area contributed by atoms with Crippen molar-refractivity contribution in [3.05, 3.63) is 193 Å². The van der Waals surface area contributed by atoms with Gasteiger partial charge in [-0.05, 0) is 84.6 Å². The van der Waals surface area contributed by atoms with Crippen molar-refractivity contribution in [3.8, 4) is 78.7 Å². The Kier molecular flexibility index (Phi) is 7.77. The van der Waals surface area contributed by atoms with Crippen LogP contribution in [-0.4, -0.2) is 19.9 Å². The van der Waals surface area contributed by atoms with E-state index < -0.39 is 0 Å². The predicted octanol–water partition coefficient (Wildman–Crippen LogP) is 12.7. The number of rotatable bonds is 6. The summed E-state index contributed by atoms with van der Waals surface area (Å²) in [6.07, 6.45) is 3.66. The van der Waals surface area contributed by atoms with Crippen LogP contribution in [0.1, 0.15) is 25.0 Å². The minimum Gasteiger partial charge on any atom is -0.264 e. The van der Waals surface area contributed by atoms with Gasteiger partial charge in [-0.1, -0.05) is 166 Å². The first kappa shape index (κ1) is 32.6. The zero-order valence-corrected chi connectivity index (χ0v) is 30.6. The molecule has 0 fully saturated rings. The Hall–Kier alpha value is -7.04. The fourth-order valence-corrected chi connectivity index (χ4v) is 8.17. The van der Waals surface area contributed by atoms with Crippen LogP contribution in [0.5, 0.6) is 0 Å². The van der Waals surface area contributed by atoms with Gasteiger partial charge in [0.05, 0.1) is 0 Å². The number of hydrogen-bond acceptors (Lipinski definition) is 4. The first-order chi connectivity index (χ1) is 27.0. The van der Waals surface area contributed by atoms with Crippen molar-refractivity contribution in [2.24, 2.45) is 0 Å². The second-order valence-corrected chi connectivity index (χ2v) is 14.7. The molecule has 0 amide bonds. The molecule has 1 aliphatic carbocycles. The first-order valence-corrected chi connectivity index (χ1v) is 18.7. The molecule has 55 heavy (non-hydrogen) atoms. The average Bonchev–Trinajstić information content (AvgIpc) is 3.49. The summed E-state index contributed by atoms with van der Waals surface area (Å²) in [5, 5.41) is 2.63. The minimum absolute atomic E-state index is 0.104. The van der Waals surface area contributed by atoms with E-state index in [0.29, 0.717) is 17.5 Å². The molecule has 0 saturated heterocycles. The van der Waals surface area contributed by atoms with E-state index in [1.54, 1.807) is 6.20 Å². The van der Waals surface area contributed by atoms with E-state index in [9.17, 15) is 0 Å². The van der Waals surface area contributed by atoms with Gasteiger partial charge < -0.3 is 0 Å². The molecule has 0 bridgehead atoms. The zero-order valence-electron chi connectivity index (χ0n) is 30.6. The van der Waals surface area contributed by atoms with Gasteiger partial charge in [-0.3, -0.25) is 4.98 Å². The molecule has 2 aromatic heterocycles. The Labute approximate surface area is 320 Å². The van der Waals surface area contributed by atoms with E-state index in [0.717, 1.165) is 38.9 Å². The third-order valence-corrected chi connectivity index (χ3v) is 11.0. The SMILES string of the molecule is CC1(C)c2cc(-c3cccc(-c4ccc(-c5nc(-c6ccccc6)nc(-c6ccc(-c7cccnc7)cc6)n5)cc4)c3)ccc2-c2ccc3ccccc3c21. The number of pyridine rings is 1. The maximum absolute atomic E-state index is 5.00. The predicted molar refractivity (Wildman–Crippen MR) is 225 cm³/mol. The van der Waals surface area contributed by atoms with Crippen molar-refractivity contribution in [3.63, 3.8) is 0 Å². The lowest BCUT2D eigenvalue weighted by molar-refractivity contribution is 0.666. The maximum Gasteiger partial charge on any atom is 0.164 e. The zero-order chi connectivity index (χ0) is 36.9. The smallest absolute Gasteiger partial charge is 0.164 e. The largest absolute Gasteiger partial charge is 0.264 e. The van der Waals surface area contributed by atoms with Crippen molar-refractivity contribution in [1.29, 1.82) is 0 Å². The molecule has 260 valence electrons. The van der Waals surface area contributed by atoms with Gasteiger partial charge >= 0.3 is 0 Å². The van der Waals surface area contributed by atoms with Crippen molar-refractivity contribution in [2.45, 2.75) is 19.3 Å². The number of benzene rings is 7. The molecule has 0 aliphatic heterocycles. The molecule has 7 aromatic carbocycles.